The van der Waals surface area contributed by atoms with Crippen LogP contribution in [0.2, 0.25) is 0 Å². The van der Waals surface area contributed by atoms with E-state index in [1.807, 2.05) is 31.2 Å². The second-order valence-electron chi connectivity index (χ2n) is 5.94. The second kappa shape index (κ2) is 6.57. The van der Waals surface area contributed by atoms with Gasteiger partial charge in [0.25, 0.3) is 5.56 Å². The van der Waals surface area contributed by atoms with E-state index < -0.39 is 0 Å². The Kier molecular flexibility index (Phi) is 4.10. The number of anilines is 1. The van der Waals surface area contributed by atoms with Crippen LogP contribution in [0.15, 0.2) is 41.5 Å². The minimum atomic E-state index is -0.169. The van der Waals surface area contributed by atoms with E-state index in [1.165, 1.54) is 6.20 Å². The Morgan fingerprint density at radius 1 is 1.23 bits per heavy atom. The van der Waals surface area contributed by atoms with Gasteiger partial charge in [0, 0.05) is 19.9 Å². The van der Waals surface area contributed by atoms with E-state index in [-0.39, 0.29) is 5.56 Å². The van der Waals surface area contributed by atoms with Crippen LogP contribution in [0.3, 0.4) is 0 Å². The van der Waals surface area contributed by atoms with E-state index in [9.17, 15) is 4.79 Å². The van der Waals surface area contributed by atoms with E-state index in [4.69, 9.17) is 4.74 Å². The van der Waals surface area contributed by atoms with Crippen LogP contribution in [0.1, 0.15) is 5.56 Å². The summed E-state index contributed by atoms with van der Waals surface area (Å²) in [5.74, 6) is 0.440. The van der Waals surface area contributed by atoms with Crippen molar-refractivity contribution >= 4 is 27.9 Å². The lowest BCUT2D eigenvalue weighted by Gasteiger charge is -2.13. The quantitative estimate of drug-likeness (QED) is 0.535. The van der Waals surface area contributed by atoms with Crippen molar-refractivity contribution in [1.82, 2.24) is 24.7 Å². The van der Waals surface area contributed by atoms with Crippen LogP contribution < -0.4 is 10.9 Å². The van der Waals surface area contributed by atoms with Crippen LogP contribution >= 0.6 is 0 Å². The van der Waals surface area contributed by atoms with Gasteiger partial charge in [0.2, 0.25) is 5.95 Å². The van der Waals surface area contributed by atoms with Crippen LogP contribution in [-0.4, -0.2) is 45.0 Å². The second-order valence-corrected chi connectivity index (χ2v) is 5.94. The maximum Gasteiger partial charge on any atom is 0.267 e. The molecule has 4 aromatic rings. The number of methoxy groups -OCH3 is 1. The number of fused-ring (bicyclic) bond motifs is 3. The number of para-hydroxylation sites is 1. The largest absolute Gasteiger partial charge is 0.383 e. The standard InChI is InChI=1S/C18H18N6O2/c1-11-5-3-4-6-14(11)24-16-12(15-13(17(24)25)10-21-23-15)9-20-18(22-16)19-7-8-26-2/h3-6,9-10H,7-8H2,1-2H3,(H,21,23)(H,19,20,22). The molecule has 0 aliphatic carbocycles. The predicted molar refractivity (Wildman–Crippen MR) is 99.9 cm³/mol. The molecule has 4 rings (SSSR count). The number of nitrogens with one attached hydrogen (secondary N) is 2. The first-order chi connectivity index (χ1) is 12.7. The summed E-state index contributed by atoms with van der Waals surface area (Å²) in [6, 6.07) is 7.71. The van der Waals surface area contributed by atoms with Gasteiger partial charge in [0.05, 0.1) is 34.8 Å². The third kappa shape index (κ3) is 2.60. The zero-order valence-electron chi connectivity index (χ0n) is 14.5. The molecular weight excluding hydrogens is 332 g/mol. The molecular formula is C18H18N6O2. The van der Waals surface area contributed by atoms with Crippen molar-refractivity contribution in [3.05, 3.63) is 52.6 Å². The van der Waals surface area contributed by atoms with Gasteiger partial charge in [-0.25, -0.2) is 4.98 Å². The number of H-pyrrole nitrogens is 1. The van der Waals surface area contributed by atoms with E-state index in [2.05, 4.69) is 25.5 Å². The first-order valence-electron chi connectivity index (χ1n) is 8.24. The van der Waals surface area contributed by atoms with Crippen molar-refractivity contribution in [2.75, 3.05) is 25.6 Å². The number of nitrogens with zero attached hydrogens (tertiary/aromatic N) is 4. The summed E-state index contributed by atoms with van der Waals surface area (Å²) in [5.41, 5.74) is 2.75. The van der Waals surface area contributed by atoms with Gasteiger partial charge in [-0.15, -0.1) is 0 Å². The number of aryl methyl sites for hydroxylation is 1. The molecule has 0 unspecified atom stereocenters. The van der Waals surface area contributed by atoms with Gasteiger partial charge in [-0.2, -0.15) is 10.1 Å². The normalized spacial score (nSPS) is 11.3. The average Bonchev–Trinajstić information content (AvgIpc) is 3.14. The fraction of sp³-hybridized carbons (Fsp3) is 0.222. The highest BCUT2D eigenvalue weighted by Gasteiger charge is 2.17. The number of aromatic nitrogens is 5. The Labute approximate surface area is 148 Å². The topological polar surface area (TPSA) is 97.7 Å². The van der Waals surface area contributed by atoms with Gasteiger partial charge in [0.15, 0.2) is 5.65 Å². The number of aromatic amines is 1. The summed E-state index contributed by atoms with van der Waals surface area (Å²) in [6.45, 7) is 3.07. The molecule has 0 aliphatic rings. The fourth-order valence-corrected chi connectivity index (χ4v) is 2.98. The Hall–Kier alpha value is -3.26. The summed E-state index contributed by atoms with van der Waals surface area (Å²) in [4.78, 5) is 22.1. The lowest BCUT2D eigenvalue weighted by Crippen LogP contribution is -2.21. The van der Waals surface area contributed by atoms with Crippen LogP contribution in [-0.2, 0) is 4.74 Å². The molecule has 3 heterocycles. The molecule has 0 atom stereocenters. The van der Waals surface area contributed by atoms with Crippen molar-refractivity contribution in [3.63, 3.8) is 0 Å². The minimum Gasteiger partial charge on any atom is -0.383 e. The average molecular weight is 350 g/mol. The van der Waals surface area contributed by atoms with Gasteiger partial charge >= 0.3 is 0 Å². The molecule has 132 valence electrons. The molecule has 0 saturated heterocycles. The molecule has 2 N–H and O–H groups in total. The maximum absolute atomic E-state index is 13.1. The molecule has 0 saturated carbocycles. The molecule has 0 amide bonds. The summed E-state index contributed by atoms with van der Waals surface area (Å²) >= 11 is 0. The zero-order valence-corrected chi connectivity index (χ0v) is 14.5. The van der Waals surface area contributed by atoms with Gasteiger partial charge in [-0.05, 0) is 18.6 Å². The molecule has 8 heteroatoms. The van der Waals surface area contributed by atoms with Crippen molar-refractivity contribution < 1.29 is 4.74 Å². The smallest absolute Gasteiger partial charge is 0.267 e. The molecule has 8 nitrogen and oxygen atoms in total. The minimum absolute atomic E-state index is 0.169. The third-order valence-corrected chi connectivity index (χ3v) is 4.27. The molecule has 0 radical (unpaired) electrons. The first kappa shape index (κ1) is 16.2. The zero-order chi connectivity index (χ0) is 18.1. The SMILES string of the molecule is COCCNc1ncc2c3[nH]ncc3c(=O)n(-c3ccccc3C)c2n1. The number of hydrogen-bond acceptors (Lipinski definition) is 6. The van der Waals surface area contributed by atoms with Crippen molar-refractivity contribution in [2.24, 2.45) is 0 Å². The third-order valence-electron chi connectivity index (χ3n) is 4.27. The summed E-state index contributed by atoms with van der Waals surface area (Å²) < 4.78 is 6.66. The molecule has 0 aliphatic heterocycles. The number of hydrogen-bond donors (Lipinski definition) is 2. The number of benzene rings is 1. The van der Waals surface area contributed by atoms with Crippen LogP contribution in [0.25, 0.3) is 27.6 Å². The predicted octanol–water partition coefficient (Wildman–Crippen LogP) is 2.02. The maximum atomic E-state index is 13.1. The molecule has 3 aromatic heterocycles. The van der Waals surface area contributed by atoms with Crippen molar-refractivity contribution in [1.29, 1.82) is 0 Å². The highest BCUT2D eigenvalue weighted by Crippen LogP contribution is 2.23. The molecule has 0 fully saturated rings. The Morgan fingerprint density at radius 2 is 2.08 bits per heavy atom. The highest BCUT2D eigenvalue weighted by molar-refractivity contribution is 6.02. The van der Waals surface area contributed by atoms with Gasteiger partial charge in [-0.1, -0.05) is 18.2 Å². The van der Waals surface area contributed by atoms with Crippen LogP contribution in [0.4, 0.5) is 5.95 Å². The molecule has 0 spiro atoms. The number of ether oxygens (including phenoxy) is 1. The monoisotopic (exact) mass is 350 g/mol. The van der Waals surface area contributed by atoms with Crippen LogP contribution in [0.5, 0.6) is 0 Å². The summed E-state index contributed by atoms with van der Waals surface area (Å²) in [5, 5.41) is 11.3. The van der Waals surface area contributed by atoms with Crippen molar-refractivity contribution in [3.8, 4) is 5.69 Å². The summed E-state index contributed by atoms with van der Waals surface area (Å²) in [7, 11) is 1.63. The Bertz CT molecular complexity index is 1150. The van der Waals surface area contributed by atoms with Crippen molar-refractivity contribution in [2.45, 2.75) is 6.92 Å². The van der Waals surface area contributed by atoms with Crippen LogP contribution in [0, 0.1) is 6.92 Å². The van der Waals surface area contributed by atoms with Gasteiger partial charge in [0.1, 0.15) is 0 Å². The highest BCUT2D eigenvalue weighted by atomic mass is 16.5. The van der Waals surface area contributed by atoms with E-state index >= 15 is 0 Å². The molecule has 0 bridgehead atoms. The van der Waals surface area contributed by atoms with E-state index in [0.717, 1.165) is 16.6 Å². The van der Waals surface area contributed by atoms with Gasteiger partial charge in [-0.3, -0.25) is 14.5 Å². The number of rotatable bonds is 5. The van der Waals surface area contributed by atoms with Gasteiger partial charge < -0.3 is 10.1 Å². The van der Waals surface area contributed by atoms with E-state index in [0.29, 0.717) is 35.7 Å². The first-order valence-corrected chi connectivity index (χ1v) is 8.24. The number of pyridine rings is 1. The lowest BCUT2D eigenvalue weighted by molar-refractivity contribution is 0.210. The Morgan fingerprint density at radius 3 is 2.88 bits per heavy atom. The summed E-state index contributed by atoms with van der Waals surface area (Å²) in [6.07, 6.45) is 3.24. The lowest BCUT2D eigenvalue weighted by atomic mass is 10.1. The Balaban J connectivity index is 2.02. The molecule has 26 heavy (non-hydrogen) atoms. The molecule has 1 aromatic carbocycles. The van der Waals surface area contributed by atoms with E-state index in [1.54, 1.807) is 17.9 Å². The fourth-order valence-electron chi connectivity index (χ4n) is 2.98.